The summed E-state index contributed by atoms with van der Waals surface area (Å²) in [7, 11) is 0. The number of nitriles is 1. The maximum absolute atomic E-state index is 9.76. The summed E-state index contributed by atoms with van der Waals surface area (Å²) in [5.41, 5.74) is 5.38. The molecule has 0 saturated heterocycles. The van der Waals surface area contributed by atoms with Crippen LogP contribution in [0.2, 0.25) is 0 Å². The summed E-state index contributed by atoms with van der Waals surface area (Å²) in [5, 5.41) is 17.8. The van der Waals surface area contributed by atoms with Crippen LogP contribution in [0.4, 0.5) is 0 Å². The monoisotopic (exact) mass is 219 g/mol. The Balaban J connectivity index is 0. The number of rotatable bonds is 1. The molecule has 0 fully saturated rings. The van der Waals surface area contributed by atoms with Gasteiger partial charge in [0.15, 0.2) is 0 Å². The van der Waals surface area contributed by atoms with Gasteiger partial charge in [-0.25, -0.2) is 0 Å². The molecule has 0 atom stereocenters. The average Bonchev–Trinajstić information content (AvgIpc) is 1.69. The van der Waals surface area contributed by atoms with Crippen LogP contribution in [0.25, 0.3) is 5.73 Å². The van der Waals surface area contributed by atoms with Gasteiger partial charge in [-0.15, -0.1) is 0 Å². The zero-order chi connectivity index (χ0) is 6.57. The minimum atomic E-state index is -1.28. The second-order valence-electron chi connectivity index (χ2n) is 0.890. The van der Waals surface area contributed by atoms with E-state index in [1.807, 2.05) is 0 Å². The summed E-state index contributed by atoms with van der Waals surface area (Å²) in [6, 6.07) is 1.21. The number of nitrogens with zero attached hydrogens (tertiary/aromatic N) is 2. The van der Waals surface area contributed by atoms with E-state index in [0.29, 0.717) is 0 Å². The Morgan fingerprint density at radius 1 is 1.78 bits per heavy atom. The normalized spacial score (nSPS) is 9.00. The summed E-state index contributed by atoms with van der Waals surface area (Å²) in [4.78, 5) is 9.76. The Labute approximate surface area is 66.6 Å². The first-order valence-electron chi connectivity index (χ1n) is 1.60. The number of oxime groups is 1. The first-order valence-corrected chi connectivity index (χ1v) is 1.60. The average molecular weight is 220 g/mol. The van der Waals surface area contributed by atoms with Gasteiger partial charge >= 0.3 is 22.4 Å². The van der Waals surface area contributed by atoms with Crippen LogP contribution in [0.15, 0.2) is 5.16 Å². The van der Waals surface area contributed by atoms with Gasteiger partial charge in [0, 0.05) is 0 Å². The first kappa shape index (κ1) is 11.0. The van der Waals surface area contributed by atoms with Crippen LogP contribution in [0.3, 0.4) is 0 Å². The molecule has 2 N–H and O–H groups in total. The summed E-state index contributed by atoms with van der Waals surface area (Å²) >= 11 is 0. The Bertz CT molecular complexity index is 170. The predicted octanol–water partition coefficient (Wildman–Crippen LogP) is -0.0835. The van der Waals surface area contributed by atoms with Crippen LogP contribution in [0.1, 0.15) is 0 Å². The van der Waals surface area contributed by atoms with E-state index >= 15 is 0 Å². The molecule has 0 bridgehead atoms. The van der Waals surface area contributed by atoms with Crippen LogP contribution in [-0.2, 0) is 27.2 Å². The van der Waals surface area contributed by atoms with Gasteiger partial charge < -0.3 is 15.7 Å². The molecule has 0 saturated carbocycles. The molecule has 9 heavy (non-hydrogen) atoms. The van der Waals surface area contributed by atoms with E-state index in [-0.39, 0.29) is 22.4 Å². The predicted molar refractivity (Wildman–Crippen MR) is 24.2 cm³/mol. The Hall–Kier alpha value is -0.830. The second-order valence-corrected chi connectivity index (χ2v) is 0.890. The summed E-state index contributed by atoms with van der Waals surface area (Å²) in [5.74, 6) is -1.28. The third-order valence-electron chi connectivity index (χ3n) is 0.421. The number of carbonyl (C=O) groups excluding carboxylic acids is 1. The van der Waals surface area contributed by atoms with E-state index in [2.05, 4.69) is 5.16 Å². The van der Waals surface area contributed by atoms with Crippen molar-refractivity contribution < 1.29 is 32.4 Å². The molecule has 0 radical (unpaired) electrons. The molecular formula is C3H2AgN3O2. The Kier molecular flexibility index (Phi) is 6.51. The summed E-state index contributed by atoms with van der Waals surface area (Å²) < 4.78 is 0. The molecule has 6 heteroatoms. The van der Waals surface area contributed by atoms with Gasteiger partial charge in [-0.05, 0) is 0 Å². The fraction of sp³-hybridized carbons (Fsp3) is 0. The molecule has 0 aliphatic rings. The van der Waals surface area contributed by atoms with Crippen molar-refractivity contribution in [2.45, 2.75) is 0 Å². The summed E-state index contributed by atoms with van der Waals surface area (Å²) in [6.07, 6.45) is 0. The van der Waals surface area contributed by atoms with E-state index in [1.165, 1.54) is 6.07 Å². The third kappa shape index (κ3) is 3.73. The van der Waals surface area contributed by atoms with Gasteiger partial charge in [-0.3, -0.25) is 0 Å². The smallest absolute Gasteiger partial charge is 0.661 e. The molecule has 0 aromatic rings. The van der Waals surface area contributed by atoms with Crippen LogP contribution in [-0.4, -0.2) is 16.8 Å². The molecule has 0 unspecified atom stereocenters. The number of hydrogen-bond donors (Lipinski definition) is 1. The molecule has 1 amide bonds. The van der Waals surface area contributed by atoms with Gasteiger partial charge in [0.2, 0.25) is 5.71 Å². The van der Waals surface area contributed by atoms with Crippen molar-refractivity contribution in [3.8, 4) is 6.07 Å². The quantitative estimate of drug-likeness (QED) is 0.289. The molecule has 52 valence electrons. The SMILES string of the molecule is N#CC(=NO)C([NH-])=O.[Ag+]. The molecule has 5 nitrogen and oxygen atoms in total. The van der Waals surface area contributed by atoms with Crippen molar-refractivity contribution >= 4 is 11.6 Å². The van der Waals surface area contributed by atoms with Crippen molar-refractivity contribution in [2.75, 3.05) is 0 Å². The Morgan fingerprint density at radius 3 is 2.22 bits per heavy atom. The van der Waals surface area contributed by atoms with Crippen LogP contribution in [0, 0.1) is 11.3 Å². The second kappa shape index (κ2) is 5.31. The zero-order valence-electron chi connectivity index (χ0n) is 4.05. The molecule has 0 heterocycles. The van der Waals surface area contributed by atoms with Crippen LogP contribution in [0.5, 0.6) is 0 Å². The van der Waals surface area contributed by atoms with Crippen molar-refractivity contribution in [3.63, 3.8) is 0 Å². The molecule has 0 rings (SSSR count). The van der Waals surface area contributed by atoms with Gasteiger partial charge in [-0.1, -0.05) is 5.16 Å². The minimum Gasteiger partial charge on any atom is -0.661 e. The number of amides is 1. The third-order valence-corrected chi connectivity index (χ3v) is 0.421. The van der Waals surface area contributed by atoms with Crippen LogP contribution >= 0.6 is 0 Å². The number of carbonyl (C=O) groups is 1. The van der Waals surface area contributed by atoms with Crippen molar-refractivity contribution in [3.05, 3.63) is 5.73 Å². The van der Waals surface area contributed by atoms with Crippen molar-refractivity contribution in [1.82, 2.24) is 0 Å². The number of nitrogens with one attached hydrogen (secondary N) is 1. The molecule has 0 aliphatic heterocycles. The standard InChI is InChI=1S/C3H3N3O2.Ag/c4-1-2(6-8)3(5)7;/h(H3,5,7,8);/q;+1/p-1. The van der Waals surface area contributed by atoms with Crippen LogP contribution < -0.4 is 0 Å². The Morgan fingerprint density at radius 2 is 2.22 bits per heavy atom. The van der Waals surface area contributed by atoms with Gasteiger partial charge in [0.05, 0.1) is 0 Å². The fourth-order valence-electron chi connectivity index (χ4n) is 0.119. The fourth-order valence-corrected chi connectivity index (χ4v) is 0.119. The van der Waals surface area contributed by atoms with Gasteiger partial charge in [0.1, 0.15) is 12.0 Å². The molecule has 0 spiro atoms. The minimum absolute atomic E-state index is 0. The van der Waals surface area contributed by atoms with E-state index < -0.39 is 11.6 Å². The van der Waals surface area contributed by atoms with E-state index in [0.717, 1.165) is 0 Å². The molecular weight excluding hydrogens is 218 g/mol. The zero-order valence-corrected chi connectivity index (χ0v) is 5.53. The van der Waals surface area contributed by atoms with E-state index in [9.17, 15) is 4.79 Å². The molecule has 0 aromatic heterocycles. The van der Waals surface area contributed by atoms with Gasteiger partial charge in [-0.2, -0.15) is 5.26 Å². The van der Waals surface area contributed by atoms with Crippen molar-refractivity contribution in [1.29, 1.82) is 5.26 Å². The number of hydrogen-bond acceptors (Lipinski definition) is 4. The van der Waals surface area contributed by atoms with E-state index in [4.69, 9.17) is 16.2 Å². The topological polar surface area (TPSA) is 97.2 Å². The van der Waals surface area contributed by atoms with Crippen molar-refractivity contribution in [2.24, 2.45) is 5.16 Å². The molecule has 0 aliphatic carbocycles. The first-order chi connectivity index (χ1) is 3.72. The summed E-state index contributed by atoms with van der Waals surface area (Å²) in [6.45, 7) is 0. The largest absolute Gasteiger partial charge is 1.00 e. The van der Waals surface area contributed by atoms with E-state index in [1.54, 1.807) is 0 Å². The molecule has 0 aromatic carbocycles. The maximum atomic E-state index is 9.76. The van der Waals surface area contributed by atoms with Gasteiger partial charge in [0.25, 0.3) is 0 Å². The maximum Gasteiger partial charge on any atom is 1.00 e.